The Labute approximate surface area is 850 Å². The van der Waals surface area contributed by atoms with Gasteiger partial charge in [0.05, 0.1) is 0 Å². The van der Waals surface area contributed by atoms with Crippen molar-refractivity contribution in [1.29, 1.82) is 0 Å². The number of aliphatic hydroxyl groups is 1. The molecule has 8 rings (SSSR count). The summed E-state index contributed by atoms with van der Waals surface area (Å²) in [4.78, 5) is 183. The molecule has 0 saturated heterocycles. The van der Waals surface area contributed by atoms with Gasteiger partial charge in [-0.2, -0.15) is 0 Å². The Morgan fingerprint density at radius 2 is 0.352 bits per heavy atom. The van der Waals surface area contributed by atoms with Gasteiger partial charge in [-0.15, -0.1) is 0 Å². The molecule has 0 amide bonds. The summed E-state index contributed by atoms with van der Waals surface area (Å²) in [5, 5.41) is 31.4. The maximum absolute atomic E-state index is 13.3. The third-order valence-electron chi connectivity index (χ3n) is 22.0. The Balaban J connectivity index is 0.000000422. The molecule has 0 bridgehead atoms. The minimum Gasteiger partial charge on any atom is -0.479 e. The quantitative estimate of drug-likeness (QED) is 0.0182. The molecular weight excluding hydrogens is 1930 g/mol. The van der Waals surface area contributed by atoms with Gasteiger partial charge < -0.3 is 90.2 Å². The molecule has 0 aliphatic rings. The van der Waals surface area contributed by atoms with Crippen molar-refractivity contribution in [1.82, 2.24) is 0 Å². The molecule has 8 aromatic rings. The first-order valence-corrected chi connectivity index (χ1v) is 52.4. The van der Waals surface area contributed by atoms with Gasteiger partial charge in [0.2, 0.25) is 0 Å². The molecule has 0 saturated carbocycles. The van der Waals surface area contributed by atoms with Gasteiger partial charge in [-0.05, 0) is 161 Å². The van der Waals surface area contributed by atoms with Gasteiger partial charge in [0.1, 0.15) is 37.6 Å². The molecule has 15 atom stereocenters. The molecule has 0 fully saturated rings. The normalized spacial score (nSPS) is 14.5. The van der Waals surface area contributed by atoms with E-state index in [-0.39, 0.29) is 25.7 Å². The molecule has 0 unspecified atom stereocenters. The minimum absolute atomic E-state index is 0. The molecule has 786 valence electrons. The molecular formula is C108H138O34Si3. The highest BCUT2D eigenvalue weighted by molar-refractivity contribution is 7.01. The summed E-state index contributed by atoms with van der Waals surface area (Å²) in [6, 6.07) is 76.7. The van der Waals surface area contributed by atoms with Crippen LogP contribution in [0.1, 0.15) is 185 Å². The second-order valence-corrected chi connectivity index (χ2v) is 49.4. The molecule has 8 aromatic carbocycles. The number of carboxylic acid groups (broad SMARTS) is 2. The van der Waals surface area contributed by atoms with E-state index < -0.39 is 216 Å². The number of hydrogen-bond donors (Lipinski definition) is 3. The Bertz CT molecular complexity index is 5390. The molecule has 0 aromatic heterocycles. The van der Waals surface area contributed by atoms with Gasteiger partial charge in [-0.3, -0.25) is 0 Å². The van der Waals surface area contributed by atoms with Crippen LogP contribution in [0.2, 0.25) is 15.1 Å². The number of carbonyl (C=O) groups is 15. The Hall–Kier alpha value is -13.7. The number of benzene rings is 8. The van der Waals surface area contributed by atoms with Crippen LogP contribution in [0, 0.1) is 0 Å². The summed E-state index contributed by atoms with van der Waals surface area (Å²) >= 11 is 0. The van der Waals surface area contributed by atoms with E-state index in [9.17, 15) is 71.9 Å². The molecule has 145 heavy (non-hydrogen) atoms. The van der Waals surface area contributed by atoms with Crippen molar-refractivity contribution in [3.63, 3.8) is 0 Å². The van der Waals surface area contributed by atoms with Gasteiger partial charge in [-0.1, -0.05) is 312 Å². The Kier molecular flexibility index (Phi) is 49.2. The van der Waals surface area contributed by atoms with Crippen molar-refractivity contribution >= 4 is 146 Å². The number of aliphatic carboxylic acids is 2. The van der Waals surface area contributed by atoms with Crippen LogP contribution in [0.4, 0.5) is 0 Å². The number of carboxylic acids is 2. The summed E-state index contributed by atoms with van der Waals surface area (Å²) in [6.45, 7) is 38.7. The average Bonchev–Trinajstić information content (AvgIpc) is 0.750. The predicted octanol–water partition coefficient (Wildman–Crippen LogP) is 11.8. The number of hydrogen-bond acceptors (Lipinski definition) is 32. The Morgan fingerprint density at radius 3 is 0.503 bits per heavy atom. The van der Waals surface area contributed by atoms with E-state index in [1.54, 1.807) is 45.0 Å². The number of carbonyl (C=O) groups excluding carboxylic acids is 13. The van der Waals surface area contributed by atoms with Gasteiger partial charge in [0, 0.05) is 0 Å². The average molecular weight is 2060 g/mol. The number of aliphatic hydroxyl groups excluding tert-OH is 1. The van der Waals surface area contributed by atoms with Crippen LogP contribution in [0.25, 0.3) is 0 Å². The van der Waals surface area contributed by atoms with Gasteiger partial charge in [0.25, 0.3) is 25.0 Å². The van der Waals surface area contributed by atoms with Gasteiger partial charge in [0.15, 0.2) is 67.1 Å². The fraction of sp³-hybridized carbons (Fsp3) is 0.417. The number of ether oxygens (including phenoxy) is 13. The fourth-order valence-electron chi connectivity index (χ4n) is 14.2. The fourth-order valence-corrected chi connectivity index (χ4v) is 28.1. The van der Waals surface area contributed by atoms with Gasteiger partial charge in [-0.25, -0.2) is 71.9 Å². The van der Waals surface area contributed by atoms with Crippen LogP contribution >= 0.6 is 0 Å². The number of esters is 13. The zero-order chi connectivity index (χ0) is 108. The molecule has 0 aliphatic heterocycles. The van der Waals surface area contributed by atoms with E-state index >= 15 is 0 Å². The molecule has 0 radical (unpaired) electrons. The third kappa shape index (κ3) is 36.5. The van der Waals surface area contributed by atoms with E-state index in [1.807, 2.05) is 218 Å². The first-order valence-electron chi connectivity index (χ1n) is 46.6. The molecule has 34 nitrogen and oxygen atoms in total. The topological polar surface area (TPSA) is 464 Å². The van der Waals surface area contributed by atoms with Crippen molar-refractivity contribution in [2.75, 3.05) is 0 Å². The van der Waals surface area contributed by atoms with Crippen molar-refractivity contribution < 1.29 is 162 Å². The first-order chi connectivity index (χ1) is 67.5. The van der Waals surface area contributed by atoms with Crippen molar-refractivity contribution in [2.45, 2.75) is 293 Å². The highest BCUT2D eigenvalue weighted by atomic mass is 28.4. The molecule has 3 N–H and O–H groups in total. The van der Waals surface area contributed by atoms with Crippen molar-refractivity contribution in [3.8, 4) is 0 Å². The van der Waals surface area contributed by atoms with E-state index in [2.05, 4.69) is 67.1 Å². The van der Waals surface area contributed by atoms with Crippen LogP contribution in [-0.4, -0.2) is 221 Å². The maximum Gasteiger partial charge on any atom is 0.347 e. The first kappa shape index (κ1) is 124. The van der Waals surface area contributed by atoms with Crippen molar-refractivity contribution in [2.24, 2.45) is 0 Å². The lowest BCUT2D eigenvalue weighted by Crippen LogP contribution is -2.68. The SMILES string of the molecule is C.C[C@H](O)C(=O)O[C@H](C)C(=O)OCc1ccccc1.C[C@H](O[Si](c1ccccc1)(c1ccccc1)C(C)(C)C)C(=O)O[C@H](C)C(=O)O[C@H](C)C(=O)O.C[C@H](O[Si](c1ccccc1)(c1ccccc1)C(C)(C)C)C(=O)O[C@H](C)C(=O)O[C@H](C)C(=O)O[C@H](C)C(=O)O[C@H](C)C(=O)O.C[C@H](O[Si](c1ccccc1)(c1ccccc1)C(C)(C)C)C(=O)O[C@H](C)C(=O)O[C@H](C)C(=O)O[C@H](C)C(=O)O[C@H](C)C(=O)OCc1ccccc1. The van der Waals surface area contributed by atoms with E-state index in [0.717, 1.165) is 49.2 Å². The molecule has 37 heteroatoms. The van der Waals surface area contributed by atoms with Crippen LogP contribution in [-0.2, 0) is 160 Å². The maximum atomic E-state index is 13.3. The Morgan fingerprint density at radius 1 is 0.214 bits per heavy atom. The van der Waals surface area contributed by atoms with E-state index in [1.165, 1.54) is 76.2 Å². The lowest BCUT2D eigenvalue weighted by molar-refractivity contribution is -0.185. The monoisotopic (exact) mass is 2060 g/mol. The summed E-state index contributed by atoms with van der Waals surface area (Å²) in [5.74, 6) is -14.4. The van der Waals surface area contributed by atoms with Crippen LogP contribution in [0.15, 0.2) is 243 Å². The summed E-state index contributed by atoms with van der Waals surface area (Å²) < 4.78 is 85.8. The van der Waals surface area contributed by atoms with Crippen molar-refractivity contribution in [3.05, 3.63) is 254 Å². The van der Waals surface area contributed by atoms with E-state index in [0.29, 0.717) is 0 Å². The lowest BCUT2D eigenvalue weighted by atomic mass is 10.2. The summed E-state index contributed by atoms with van der Waals surface area (Å²) in [6.07, 6.45) is -19.3. The number of rotatable bonds is 42. The van der Waals surface area contributed by atoms with Crippen LogP contribution in [0.5, 0.6) is 0 Å². The van der Waals surface area contributed by atoms with Crippen LogP contribution in [0.3, 0.4) is 0 Å². The second-order valence-electron chi connectivity index (χ2n) is 36.7. The standard InChI is InChI=1S/C38H46O11Si.C31H40O11Si.C25H32O7Si.C13H16O5.CH4/c1-25(33(39)44-24-30-18-12-9-13-19-30)45-34(40)26(2)46-35(41)27(3)47-36(42)28(4)48-37(43)29(5)49-50(38(6,7)8,31-20-14-10-15-21-31)32-22-16-11-17-23-32;1-19(26(32)33)38-27(34)20(2)39-28(35)21(3)40-29(36)22(4)41-30(37)23(5)42-43(31(6,7)8,24-15-11-9-12-16-24)25-17-13-10-14-18-25;1-17(22(26)27)30-23(28)18(2)31-24(29)19(3)32-33(25(4,5)6,20-13-9-7-10-14-20)21-15-11-8-12-16-21;1-9(14)12(15)18-10(2)13(16)17-8-11-6-4-3-5-7-11;/h9-23,25-29H,24H2,1-8H3;9-23H,1-8H3,(H,32,33);7-19H,1-6H3,(H,26,27);3-7,9-10,14H,8H2,1-2H3;1H4/t25-,26-,27-,28-,29+;19-,20-,21-,22-,23+;17-,18-,19+;9-,10+;/m1110./s1. The molecule has 0 heterocycles. The summed E-state index contributed by atoms with van der Waals surface area (Å²) in [7, 11) is -9.17. The molecule has 0 spiro atoms. The summed E-state index contributed by atoms with van der Waals surface area (Å²) in [5.41, 5.74) is 1.60. The highest BCUT2D eigenvalue weighted by Gasteiger charge is 2.55. The highest BCUT2D eigenvalue weighted by Crippen LogP contribution is 2.41. The zero-order valence-electron chi connectivity index (χ0n) is 85.7. The van der Waals surface area contributed by atoms with E-state index in [4.69, 9.17) is 85.4 Å². The lowest BCUT2D eigenvalue weighted by Gasteiger charge is -2.44. The van der Waals surface area contributed by atoms with Gasteiger partial charge >= 0.3 is 89.5 Å². The third-order valence-corrected chi connectivity index (χ3v) is 37.3. The zero-order valence-corrected chi connectivity index (χ0v) is 88.7. The van der Waals surface area contributed by atoms with Crippen LogP contribution < -0.4 is 31.1 Å². The second kappa shape index (κ2) is 57.7. The predicted molar refractivity (Wildman–Crippen MR) is 542 cm³/mol. The molecule has 0 aliphatic carbocycles. The largest absolute Gasteiger partial charge is 0.479 e. The minimum atomic E-state index is -3.10. The smallest absolute Gasteiger partial charge is 0.347 e.